The zero-order valence-corrected chi connectivity index (χ0v) is 12.0. The van der Waals surface area contributed by atoms with Crippen LogP contribution in [0.2, 0.25) is 0 Å². The quantitative estimate of drug-likeness (QED) is 0.818. The SMILES string of the molecule is CCC(C)(C)C(=O)N(C)C1CCC(NC)CC1. The van der Waals surface area contributed by atoms with Crippen LogP contribution in [0.3, 0.4) is 0 Å². The molecule has 1 saturated carbocycles. The third-order valence-corrected chi connectivity index (χ3v) is 4.44. The first kappa shape index (κ1) is 14.5. The molecule has 0 heterocycles. The maximum atomic E-state index is 12.4. The molecule has 0 bridgehead atoms. The highest BCUT2D eigenvalue weighted by molar-refractivity contribution is 5.81. The average Bonchev–Trinajstić information content (AvgIpc) is 2.37. The Morgan fingerprint density at radius 1 is 1.29 bits per heavy atom. The van der Waals surface area contributed by atoms with Gasteiger partial charge in [0.15, 0.2) is 0 Å². The lowest BCUT2D eigenvalue weighted by molar-refractivity contribution is -0.142. The fourth-order valence-electron chi connectivity index (χ4n) is 2.55. The largest absolute Gasteiger partial charge is 0.342 e. The number of hydrogen-bond acceptors (Lipinski definition) is 2. The highest BCUT2D eigenvalue weighted by Crippen LogP contribution is 2.28. The van der Waals surface area contributed by atoms with Crippen molar-refractivity contribution in [3.05, 3.63) is 0 Å². The molecular weight excluding hydrogens is 212 g/mol. The molecule has 0 atom stereocenters. The van der Waals surface area contributed by atoms with Gasteiger partial charge in [-0.15, -0.1) is 0 Å². The van der Waals surface area contributed by atoms with Gasteiger partial charge in [-0.25, -0.2) is 0 Å². The molecule has 100 valence electrons. The lowest BCUT2D eigenvalue weighted by Crippen LogP contribution is -2.47. The summed E-state index contributed by atoms with van der Waals surface area (Å²) in [6, 6.07) is 1.09. The summed E-state index contributed by atoms with van der Waals surface area (Å²) in [5, 5.41) is 3.33. The van der Waals surface area contributed by atoms with Crippen molar-refractivity contribution < 1.29 is 4.79 Å². The van der Waals surface area contributed by atoms with E-state index < -0.39 is 0 Å². The van der Waals surface area contributed by atoms with Crippen LogP contribution in [-0.4, -0.2) is 37.0 Å². The highest BCUT2D eigenvalue weighted by atomic mass is 16.2. The third kappa shape index (κ3) is 3.44. The van der Waals surface area contributed by atoms with Gasteiger partial charge in [0.2, 0.25) is 5.91 Å². The first-order valence-electron chi connectivity index (χ1n) is 6.87. The topological polar surface area (TPSA) is 32.3 Å². The molecule has 0 unspecified atom stereocenters. The van der Waals surface area contributed by atoms with Crippen LogP contribution in [-0.2, 0) is 4.79 Å². The molecule has 1 fully saturated rings. The Morgan fingerprint density at radius 3 is 2.24 bits per heavy atom. The molecule has 1 aliphatic carbocycles. The van der Waals surface area contributed by atoms with Crippen molar-refractivity contribution in [3.63, 3.8) is 0 Å². The normalized spacial score (nSPS) is 25.7. The van der Waals surface area contributed by atoms with Crippen LogP contribution in [0.25, 0.3) is 0 Å². The lowest BCUT2D eigenvalue weighted by Gasteiger charge is -2.38. The van der Waals surface area contributed by atoms with Gasteiger partial charge in [-0.05, 0) is 39.2 Å². The van der Waals surface area contributed by atoms with E-state index >= 15 is 0 Å². The molecular formula is C14H28N2O. The average molecular weight is 240 g/mol. The Labute approximate surface area is 106 Å². The van der Waals surface area contributed by atoms with E-state index in [1.807, 2.05) is 32.8 Å². The number of carbonyl (C=O) groups is 1. The number of nitrogens with zero attached hydrogens (tertiary/aromatic N) is 1. The predicted molar refractivity (Wildman–Crippen MR) is 71.9 cm³/mol. The molecule has 3 nitrogen and oxygen atoms in total. The second-order valence-electron chi connectivity index (χ2n) is 5.95. The molecule has 0 radical (unpaired) electrons. The lowest BCUT2D eigenvalue weighted by atomic mass is 9.85. The van der Waals surface area contributed by atoms with Gasteiger partial charge in [-0.2, -0.15) is 0 Å². The molecule has 0 saturated heterocycles. The minimum atomic E-state index is -0.214. The number of amides is 1. The van der Waals surface area contributed by atoms with Gasteiger partial charge in [-0.1, -0.05) is 20.8 Å². The Bertz CT molecular complexity index is 255. The fraction of sp³-hybridized carbons (Fsp3) is 0.929. The van der Waals surface area contributed by atoms with E-state index in [0.29, 0.717) is 18.0 Å². The van der Waals surface area contributed by atoms with Crippen LogP contribution in [0.4, 0.5) is 0 Å². The van der Waals surface area contributed by atoms with Crippen molar-refractivity contribution in [1.29, 1.82) is 0 Å². The third-order valence-electron chi connectivity index (χ3n) is 4.44. The van der Waals surface area contributed by atoms with Crippen LogP contribution in [0.1, 0.15) is 52.9 Å². The monoisotopic (exact) mass is 240 g/mol. The Kier molecular flexibility index (Phi) is 4.99. The van der Waals surface area contributed by atoms with Crippen LogP contribution in [0, 0.1) is 5.41 Å². The number of nitrogens with one attached hydrogen (secondary N) is 1. The van der Waals surface area contributed by atoms with Crippen molar-refractivity contribution >= 4 is 5.91 Å². The molecule has 17 heavy (non-hydrogen) atoms. The van der Waals surface area contributed by atoms with Crippen molar-refractivity contribution in [2.24, 2.45) is 5.41 Å². The first-order valence-corrected chi connectivity index (χ1v) is 6.87. The maximum absolute atomic E-state index is 12.4. The Balaban J connectivity index is 2.54. The van der Waals surface area contributed by atoms with E-state index in [2.05, 4.69) is 12.2 Å². The van der Waals surface area contributed by atoms with Gasteiger partial charge in [-0.3, -0.25) is 4.79 Å². The first-order chi connectivity index (χ1) is 7.92. The minimum Gasteiger partial charge on any atom is -0.342 e. The van der Waals surface area contributed by atoms with Gasteiger partial charge in [0.25, 0.3) is 0 Å². The van der Waals surface area contributed by atoms with Crippen molar-refractivity contribution in [3.8, 4) is 0 Å². The van der Waals surface area contributed by atoms with Crippen molar-refractivity contribution in [2.45, 2.75) is 65.0 Å². The summed E-state index contributed by atoms with van der Waals surface area (Å²) in [6.45, 7) is 6.18. The second kappa shape index (κ2) is 5.85. The van der Waals surface area contributed by atoms with Gasteiger partial charge in [0.05, 0.1) is 0 Å². The van der Waals surface area contributed by atoms with Gasteiger partial charge in [0.1, 0.15) is 0 Å². The number of hydrogen-bond donors (Lipinski definition) is 1. The molecule has 1 amide bonds. The van der Waals surface area contributed by atoms with E-state index in [-0.39, 0.29) is 5.41 Å². The standard InChI is InChI=1S/C14H28N2O/c1-6-14(2,3)13(17)16(5)12-9-7-11(15-4)8-10-12/h11-12,15H,6-10H2,1-5H3. The minimum absolute atomic E-state index is 0.214. The molecule has 0 aromatic carbocycles. The second-order valence-corrected chi connectivity index (χ2v) is 5.95. The van der Waals surface area contributed by atoms with Gasteiger partial charge < -0.3 is 10.2 Å². The smallest absolute Gasteiger partial charge is 0.228 e. The zero-order chi connectivity index (χ0) is 13.1. The highest BCUT2D eigenvalue weighted by Gasteiger charge is 2.33. The predicted octanol–water partition coefficient (Wildman–Crippen LogP) is 2.41. The maximum Gasteiger partial charge on any atom is 0.228 e. The number of rotatable bonds is 4. The molecule has 0 aromatic heterocycles. The Morgan fingerprint density at radius 2 is 1.82 bits per heavy atom. The summed E-state index contributed by atoms with van der Waals surface area (Å²) in [6.07, 6.45) is 5.54. The molecule has 1 aliphatic rings. The zero-order valence-electron chi connectivity index (χ0n) is 12.0. The van der Waals surface area contributed by atoms with Crippen LogP contribution in [0.15, 0.2) is 0 Å². The van der Waals surface area contributed by atoms with E-state index in [0.717, 1.165) is 19.3 Å². The van der Waals surface area contributed by atoms with Crippen LogP contribution < -0.4 is 5.32 Å². The summed E-state index contributed by atoms with van der Waals surface area (Å²) in [5.74, 6) is 0.299. The van der Waals surface area contributed by atoms with E-state index in [9.17, 15) is 4.79 Å². The van der Waals surface area contributed by atoms with Gasteiger partial charge in [0, 0.05) is 24.5 Å². The summed E-state index contributed by atoms with van der Waals surface area (Å²) in [7, 11) is 4.00. The molecule has 0 aromatic rings. The molecule has 0 spiro atoms. The summed E-state index contributed by atoms with van der Waals surface area (Å²) < 4.78 is 0. The molecule has 1 rings (SSSR count). The van der Waals surface area contributed by atoms with E-state index in [1.54, 1.807) is 0 Å². The van der Waals surface area contributed by atoms with E-state index in [1.165, 1.54) is 12.8 Å². The summed E-state index contributed by atoms with van der Waals surface area (Å²) in [5.41, 5.74) is -0.214. The van der Waals surface area contributed by atoms with Gasteiger partial charge >= 0.3 is 0 Å². The van der Waals surface area contributed by atoms with Crippen LogP contribution in [0.5, 0.6) is 0 Å². The van der Waals surface area contributed by atoms with Crippen molar-refractivity contribution in [2.75, 3.05) is 14.1 Å². The van der Waals surface area contributed by atoms with Crippen molar-refractivity contribution in [1.82, 2.24) is 10.2 Å². The van der Waals surface area contributed by atoms with E-state index in [4.69, 9.17) is 0 Å². The summed E-state index contributed by atoms with van der Waals surface area (Å²) in [4.78, 5) is 14.4. The molecule has 0 aliphatic heterocycles. The number of carbonyl (C=O) groups excluding carboxylic acids is 1. The molecule has 1 N–H and O–H groups in total. The van der Waals surface area contributed by atoms with Crippen LogP contribution >= 0.6 is 0 Å². The Hall–Kier alpha value is -0.570. The summed E-state index contributed by atoms with van der Waals surface area (Å²) >= 11 is 0. The molecule has 3 heteroatoms. The fourth-order valence-corrected chi connectivity index (χ4v) is 2.55.